The van der Waals surface area contributed by atoms with Crippen LogP contribution < -0.4 is 4.74 Å². The number of rotatable bonds is 15. The highest BCUT2D eigenvalue weighted by Gasteiger charge is 2.30. The highest BCUT2D eigenvalue weighted by molar-refractivity contribution is 5.97. The number of Topliss-reactive ketones (excluding diaryl/α,β-unsaturated/α-hetero) is 4. The van der Waals surface area contributed by atoms with Gasteiger partial charge >= 0.3 is 5.97 Å². The number of hydrogen-bond acceptors (Lipinski definition) is 10. The van der Waals surface area contributed by atoms with Gasteiger partial charge in [0, 0.05) is 31.6 Å². The Balaban J connectivity index is 1.91. The number of methoxy groups -OCH3 is 1. The van der Waals surface area contributed by atoms with Crippen LogP contribution in [0.1, 0.15) is 44.1 Å². The smallest absolute Gasteiger partial charge is 0.332 e. The Morgan fingerprint density at radius 1 is 0.676 bits per heavy atom. The summed E-state index contributed by atoms with van der Waals surface area (Å²) in [4.78, 5) is 59.3. The van der Waals surface area contributed by atoms with Crippen LogP contribution in [-0.4, -0.2) is 86.2 Å². The van der Waals surface area contributed by atoms with Gasteiger partial charge in [-0.15, -0.1) is 0 Å². The molecule has 0 aliphatic rings. The number of aliphatic carboxylic acids is 1. The summed E-state index contributed by atoms with van der Waals surface area (Å²) < 4.78 is 5.19. The average Bonchev–Trinajstić information content (AvgIpc) is 2.86. The van der Waals surface area contributed by atoms with Gasteiger partial charge in [-0.25, -0.2) is 4.79 Å². The topological polar surface area (TPSA) is 196 Å². The van der Waals surface area contributed by atoms with E-state index in [1.807, 2.05) is 24.3 Å². The maximum atomic E-state index is 12.7. The minimum atomic E-state index is -2.06. The maximum Gasteiger partial charge on any atom is 0.332 e. The molecule has 5 N–H and O–H groups in total. The molecule has 200 valence electrons. The minimum absolute atomic E-state index is 0.437. The summed E-state index contributed by atoms with van der Waals surface area (Å²) in [6, 6.07) is 10.8. The van der Waals surface area contributed by atoms with Gasteiger partial charge in [0.2, 0.25) is 0 Å². The van der Waals surface area contributed by atoms with Crippen molar-refractivity contribution in [3.05, 3.63) is 42.0 Å². The lowest BCUT2D eigenvalue weighted by Gasteiger charge is -2.17. The van der Waals surface area contributed by atoms with E-state index in [1.165, 1.54) is 0 Å². The summed E-state index contributed by atoms with van der Waals surface area (Å²) in [7, 11) is 1.55. The number of ketones is 4. The highest BCUT2D eigenvalue weighted by atomic mass is 16.5. The number of benzene rings is 2. The molecule has 11 nitrogen and oxygen atoms in total. The summed E-state index contributed by atoms with van der Waals surface area (Å²) in [5.74, 6) is -5.29. The van der Waals surface area contributed by atoms with Crippen molar-refractivity contribution in [3.8, 4) is 5.75 Å². The van der Waals surface area contributed by atoms with Gasteiger partial charge in [-0.3, -0.25) is 19.2 Å². The molecule has 0 saturated heterocycles. The van der Waals surface area contributed by atoms with Crippen LogP contribution in [0.2, 0.25) is 0 Å². The van der Waals surface area contributed by atoms with Gasteiger partial charge in [0.05, 0.1) is 7.11 Å². The fourth-order valence-electron chi connectivity index (χ4n) is 3.60. The molecule has 2 rings (SSSR count). The Labute approximate surface area is 212 Å². The fraction of sp³-hybridized carbons (Fsp3) is 0.423. The molecular weight excluding hydrogens is 488 g/mol. The third kappa shape index (κ3) is 8.25. The summed E-state index contributed by atoms with van der Waals surface area (Å²) in [5, 5.41) is 49.3. The van der Waals surface area contributed by atoms with E-state index in [4.69, 9.17) is 14.9 Å². The third-order valence-electron chi connectivity index (χ3n) is 6.03. The Bertz CT molecular complexity index is 1170. The SMILES string of the molecule is COc1ccc2cc(C(C)C(=O)C[C@H](O)C(=O)C[C@H](O)C(=O)C[C@H](O)C(=O)C[C@H](O)C(=O)O)ccc2c1. The molecule has 0 fully saturated rings. The first-order valence-electron chi connectivity index (χ1n) is 11.5. The number of carboxylic acids is 1. The second kappa shape index (κ2) is 13.2. The van der Waals surface area contributed by atoms with Crippen LogP contribution in [-0.2, 0) is 24.0 Å². The molecule has 2 aromatic carbocycles. The molecule has 0 aliphatic heterocycles. The molecule has 37 heavy (non-hydrogen) atoms. The van der Waals surface area contributed by atoms with E-state index in [0.29, 0.717) is 11.3 Å². The maximum absolute atomic E-state index is 12.7. The van der Waals surface area contributed by atoms with Crippen molar-refractivity contribution in [1.82, 2.24) is 0 Å². The molecule has 0 aliphatic carbocycles. The number of carboxylic acid groups (broad SMARTS) is 1. The van der Waals surface area contributed by atoms with Crippen molar-refractivity contribution in [2.24, 2.45) is 0 Å². The zero-order chi connectivity index (χ0) is 27.9. The molecule has 5 atom stereocenters. The van der Waals surface area contributed by atoms with E-state index < -0.39 is 85.1 Å². The molecule has 0 radical (unpaired) electrons. The van der Waals surface area contributed by atoms with Gasteiger partial charge in [0.25, 0.3) is 0 Å². The highest BCUT2D eigenvalue weighted by Crippen LogP contribution is 2.26. The second-order valence-electron chi connectivity index (χ2n) is 8.78. The Hall–Kier alpha value is -3.51. The number of aliphatic hydroxyl groups is 4. The normalized spacial score (nSPS) is 15.3. The van der Waals surface area contributed by atoms with Gasteiger partial charge in [-0.2, -0.15) is 0 Å². The molecule has 0 spiro atoms. The van der Waals surface area contributed by atoms with Crippen molar-refractivity contribution in [3.63, 3.8) is 0 Å². The molecule has 11 heteroatoms. The third-order valence-corrected chi connectivity index (χ3v) is 6.03. The number of aliphatic hydroxyl groups excluding tert-OH is 4. The van der Waals surface area contributed by atoms with Gasteiger partial charge in [0.1, 0.15) is 29.8 Å². The Kier molecular flexibility index (Phi) is 10.6. The Morgan fingerprint density at radius 2 is 1.11 bits per heavy atom. The van der Waals surface area contributed by atoms with E-state index in [9.17, 15) is 39.3 Å². The van der Waals surface area contributed by atoms with Crippen LogP contribution in [0.15, 0.2) is 36.4 Å². The molecule has 0 saturated carbocycles. The van der Waals surface area contributed by atoms with Crippen LogP contribution in [0.25, 0.3) is 10.8 Å². The number of carbonyl (C=O) groups is 5. The van der Waals surface area contributed by atoms with Gasteiger partial charge in [-0.05, 0) is 28.5 Å². The van der Waals surface area contributed by atoms with Crippen LogP contribution in [0.3, 0.4) is 0 Å². The lowest BCUT2D eigenvalue weighted by molar-refractivity contribution is -0.150. The van der Waals surface area contributed by atoms with Crippen LogP contribution in [0.5, 0.6) is 5.75 Å². The number of hydrogen-bond donors (Lipinski definition) is 5. The van der Waals surface area contributed by atoms with Crippen molar-refractivity contribution < 1.29 is 54.2 Å². The molecule has 2 aromatic rings. The first kappa shape index (κ1) is 29.7. The molecule has 0 bridgehead atoms. The van der Waals surface area contributed by atoms with Crippen molar-refractivity contribution in [2.45, 2.75) is 62.9 Å². The predicted octanol–water partition coefficient (Wildman–Crippen LogP) is 0.317. The summed E-state index contributed by atoms with van der Waals surface area (Å²) >= 11 is 0. The Morgan fingerprint density at radius 3 is 1.59 bits per heavy atom. The van der Waals surface area contributed by atoms with Gasteiger partial charge in [0.15, 0.2) is 23.5 Å². The lowest BCUT2D eigenvalue weighted by atomic mass is 9.90. The zero-order valence-corrected chi connectivity index (χ0v) is 20.4. The van der Waals surface area contributed by atoms with Crippen molar-refractivity contribution >= 4 is 39.9 Å². The predicted molar refractivity (Wildman–Crippen MR) is 129 cm³/mol. The van der Waals surface area contributed by atoms with Gasteiger partial charge < -0.3 is 30.3 Å². The number of carbonyl (C=O) groups excluding carboxylic acids is 4. The van der Waals surface area contributed by atoms with E-state index in [-0.39, 0.29) is 0 Å². The zero-order valence-electron chi connectivity index (χ0n) is 20.4. The second-order valence-corrected chi connectivity index (χ2v) is 8.78. The molecule has 0 aromatic heterocycles. The monoisotopic (exact) mass is 518 g/mol. The largest absolute Gasteiger partial charge is 0.497 e. The van der Waals surface area contributed by atoms with E-state index in [0.717, 1.165) is 10.8 Å². The van der Waals surface area contributed by atoms with E-state index >= 15 is 0 Å². The van der Waals surface area contributed by atoms with Crippen LogP contribution in [0, 0.1) is 0 Å². The molecule has 0 heterocycles. The van der Waals surface area contributed by atoms with Crippen molar-refractivity contribution in [1.29, 1.82) is 0 Å². The molecule has 0 amide bonds. The van der Waals surface area contributed by atoms with E-state index in [1.54, 1.807) is 26.2 Å². The number of ether oxygens (including phenoxy) is 1. The lowest BCUT2D eigenvalue weighted by Crippen LogP contribution is -2.35. The standard InChI is InChI=1S/C26H30O11/c1-13(14-3-4-16-8-17(37-2)6-5-15(16)7-14)18(27)9-19(28)20(29)10-21(30)22(31)11-23(32)24(33)12-25(34)26(35)36/h3-8,13,19,21,23,25,28,30,32,34H,9-12H2,1-2H3,(H,35,36)/t13?,19-,21-,23-,25-/m0/s1. The average molecular weight is 519 g/mol. The number of fused-ring (bicyclic) bond motifs is 1. The summed E-state index contributed by atoms with van der Waals surface area (Å²) in [6.45, 7) is 1.63. The van der Waals surface area contributed by atoms with Gasteiger partial charge in [-0.1, -0.05) is 31.2 Å². The summed E-state index contributed by atoms with van der Waals surface area (Å²) in [5.41, 5.74) is 0.671. The van der Waals surface area contributed by atoms with E-state index in [2.05, 4.69) is 0 Å². The molecule has 1 unspecified atom stereocenters. The first-order chi connectivity index (χ1) is 17.3. The fourth-order valence-corrected chi connectivity index (χ4v) is 3.60. The van der Waals surface area contributed by atoms with Crippen LogP contribution >= 0.6 is 0 Å². The summed E-state index contributed by atoms with van der Waals surface area (Å²) in [6.07, 6.45) is -11.0. The molecular formula is C26H30O11. The quantitative estimate of drug-likeness (QED) is 0.218. The minimum Gasteiger partial charge on any atom is -0.497 e. The van der Waals surface area contributed by atoms with Crippen molar-refractivity contribution in [2.75, 3.05) is 7.11 Å². The van der Waals surface area contributed by atoms with Crippen LogP contribution in [0.4, 0.5) is 0 Å². The first-order valence-corrected chi connectivity index (χ1v) is 11.5.